The van der Waals surface area contributed by atoms with Gasteiger partial charge in [0.2, 0.25) is 0 Å². The molecule has 0 aliphatic heterocycles. The maximum atomic E-state index is 11.3. The second-order valence-corrected chi connectivity index (χ2v) is 3.73. The summed E-state index contributed by atoms with van der Waals surface area (Å²) in [6, 6.07) is 3.42. The summed E-state index contributed by atoms with van der Waals surface area (Å²) in [4.78, 5) is 11.3. The lowest BCUT2D eigenvalue weighted by Gasteiger charge is -2.07. The number of esters is 1. The largest absolute Gasteiger partial charge is 0.465 e. The van der Waals surface area contributed by atoms with Crippen LogP contribution in [0.2, 0.25) is 0 Å². The van der Waals surface area contributed by atoms with Crippen molar-refractivity contribution in [2.45, 2.75) is 13.3 Å². The summed E-state index contributed by atoms with van der Waals surface area (Å²) in [5.74, 6) is -0.347. The predicted molar refractivity (Wildman–Crippen MR) is 59.3 cm³/mol. The first-order valence-corrected chi connectivity index (χ1v) is 5.05. The first kappa shape index (κ1) is 11.0. The SMILES string of the molecule is CCc1cc(C(=O)OC)cc(Br)c1N. The van der Waals surface area contributed by atoms with Crippen LogP contribution in [0.3, 0.4) is 0 Å². The smallest absolute Gasteiger partial charge is 0.337 e. The van der Waals surface area contributed by atoms with Gasteiger partial charge in [0.25, 0.3) is 0 Å². The highest BCUT2D eigenvalue weighted by atomic mass is 79.9. The fraction of sp³-hybridized carbons (Fsp3) is 0.300. The maximum absolute atomic E-state index is 11.3. The zero-order valence-corrected chi connectivity index (χ0v) is 9.72. The standard InChI is InChI=1S/C10H12BrNO2/c1-3-6-4-7(10(13)14-2)5-8(11)9(6)12/h4-5H,3,12H2,1-2H3. The number of carbonyl (C=O) groups is 1. The molecule has 2 N–H and O–H groups in total. The van der Waals surface area contributed by atoms with Crippen molar-refractivity contribution in [2.75, 3.05) is 12.8 Å². The van der Waals surface area contributed by atoms with Gasteiger partial charge in [-0.2, -0.15) is 0 Å². The normalized spacial score (nSPS) is 9.93. The van der Waals surface area contributed by atoms with E-state index in [1.54, 1.807) is 12.1 Å². The van der Waals surface area contributed by atoms with E-state index < -0.39 is 0 Å². The van der Waals surface area contributed by atoms with Gasteiger partial charge >= 0.3 is 5.97 Å². The van der Waals surface area contributed by atoms with Crippen LogP contribution in [0.4, 0.5) is 5.69 Å². The van der Waals surface area contributed by atoms with Crippen LogP contribution in [-0.4, -0.2) is 13.1 Å². The Kier molecular flexibility index (Phi) is 3.52. The van der Waals surface area contributed by atoms with Gasteiger partial charge in [0, 0.05) is 10.2 Å². The molecular formula is C10H12BrNO2. The Bertz CT molecular complexity index is 363. The van der Waals surface area contributed by atoms with E-state index in [1.807, 2.05) is 6.92 Å². The first-order chi connectivity index (χ1) is 6.60. The van der Waals surface area contributed by atoms with Gasteiger partial charge in [-0.3, -0.25) is 0 Å². The van der Waals surface area contributed by atoms with Crippen LogP contribution in [0.15, 0.2) is 16.6 Å². The Morgan fingerprint density at radius 2 is 2.21 bits per heavy atom. The summed E-state index contributed by atoms with van der Waals surface area (Å²) in [5.41, 5.74) is 7.95. The minimum atomic E-state index is -0.347. The van der Waals surface area contributed by atoms with Crippen molar-refractivity contribution in [3.8, 4) is 0 Å². The number of hydrogen-bond acceptors (Lipinski definition) is 3. The summed E-state index contributed by atoms with van der Waals surface area (Å²) < 4.78 is 5.36. The predicted octanol–water partition coefficient (Wildman–Crippen LogP) is 2.38. The van der Waals surface area contributed by atoms with Gasteiger partial charge in [0.15, 0.2) is 0 Å². The van der Waals surface area contributed by atoms with Gasteiger partial charge in [-0.1, -0.05) is 6.92 Å². The molecular weight excluding hydrogens is 246 g/mol. The first-order valence-electron chi connectivity index (χ1n) is 4.26. The average molecular weight is 258 g/mol. The van der Waals surface area contributed by atoms with Crippen molar-refractivity contribution in [1.82, 2.24) is 0 Å². The molecule has 14 heavy (non-hydrogen) atoms. The monoisotopic (exact) mass is 257 g/mol. The number of ether oxygens (including phenoxy) is 1. The molecule has 4 heteroatoms. The van der Waals surface area contributed by atoms with E-state index in [-0.39, 0.29) is 5.97 Å². The molecule has 0 unspecified atom stereocenters. The third-order valence-corrected chi connectivity index (χ3v) is 2.67. The highest BCUT2D eigenvalue weighted by molar-refractivity contribution is 9.10. The van der Waals surface area contributed by atoms with Crippen molar-refractivity contribution in [2.24, 2.45) is 0 Å². The van der Waals surface area contributed by atoms with Crippen molar-refractivity contribution in [3.63, 3.8) is 0 Å². The van der Waals surface area contributed by atoms with Crippen LogP contribution in [-0.2, 0) is 11.2 Å². The molecule has 1 aromatic rings. The lowest BCUT2D eigenvalue weighted by atomic mass is 10.1. The van der Waals surface area contributed by atoms with E-state index >= 15 is 0 Å². The summed E-state index contributed by atoms with van der Waals surface area (Å²) in [6.07, 6.45) is 0.787. The summed E-state index contributed by atoms with van der Waals surface area (Å²) in [6.45, 7) is 1.99. The number of rotatable bonds is 2. The number of anilines is 1. The van der Waals surface area contributed by atoms with Gasteiger partial charge in [-0.15, -0.1) is 0 Å². The van der Waals surface area contributed by atoms with Crippen LogP contribution >= 0.6 is 15.9 Å². The van der Waals surface area contributed by atoms with E-state index in [9.17, 15) is 4.79 Å². The zero-order chi connectivity index (χ0) is 10.7. The lowest BCUT2D eigenvalue weighted by molar-refractivity contribution is 0.0600. The molecule has 0 aromatic heterocycles. The number of nitrogen functional groups attached to an aromatic ring is 1. The topological polar surface area (TPSA) is 52.3 Å². The Hall–Kier alpha value is -1.03. The number of carbonyl (C=O) groups excluding carboxylic acids is 1. The molecule has 3 nitrogen and oxygen atoms in total. The average Bonchev–Trinajstić information content (AvgIpc) is 2.20. The highest BCUT2D eigenvalue weighted by Gasteiger charge is 2.10. The second-order valence-electron chi connectivity index (χ2n) is 2.88. The number of benzene rings is 1. The molecule has 0 bridgehead atoms. The lowest BCUT2D eigenvalue weighted by Crippen LogP contribution is -2.04. The third kappa shape index (κ3) is 2.07. The van der Waals surface area contributed by atoms with E-state index in [4.69, 9.17) is 5.73 Å². The molecule has 0 fully saturated rings. The quantitative estimate of drug-likeness (QED) is 0.654. The minimum Gasteiger partial charge on any atom is -0.465 e. The summed E-state index contributed by atoms with van der Waals surface area (Å²) in [7, 11) is 1.36. The van der Waals surface area contributed by atoms with Crippen molar-refractivity contribution in [3.05, 3.63) is 27.7 Å². The number of aryl methyl sites for hydroxylation is 1. The molecule has 0 aliphatic rings. The van der Waals surface area contributed by atoms with Gasteiger partial charge in [0.05, 0.1) is 12.7 Å². The molecule has 0 spiro atoms. The van der Waals surface area contributed by atoms with E-state index in [1.165, 1.54) is 7.11 Å². The van der Waals surface area contributed by atoms with Gasteiger partial charge in [-0.25, -0.2) is 4.79 Å². The summed E-state index contributed by atoms with van der Waals surface area (Å²) >= 11 is 3.30. The Balaban J connectivity index is 3.22. The van der Waals surface area contributed by atoms with Crippen LogP contribution in [0, 0.1) is 0 Å². The third-order valence-electron chi connectivity index (χ3n) is 2.02. The Morgan fingerprint density at radius 1 is 1.57 bits per heavy atom. The van der Waals surface area contributed by atoms with Crippen molar-refractivity contribution >= 4 is 27.6 Å². The fourth-order valence-corrected chi connectivity index (χ4v) is 1.70. The van der Waals surface area contributed by atoms with E-state index in [0.717, 1.165) is 16.5 Å². The fourth-order valence-electron chi connectivity index (χ4n) is 1.20. The van der Waals surface area contributed by atoms with Crippen molar-refractivity contribution < 1.29 is 9.53 Å². The molecule has 0 saturated heterocycles. The molecule has 0 atom stereocenters. The van der Waals surface area contributed by atoms with Crippen molar-refractivity contribution in [1.29, 1.82) is 0 Å². The number of halogens is 1. The minimum absolute atomic E-state index is 0.347. The van der Waals surface area contributed by atoms with Crippen LogP contribution in [0.1, 0.15) is 22.8 Å². The van der Waals surface area contributed by atoms with Crippen LogP contribution in [0.25, 0.3) is 0 Å². The maximum Gasteiger partial charge on any atom is 0.337 e. The molecule has 0 amide bonds. The highest BCUT2D eigenvalue weighted by Crippen LogP contribution is 2.26. The van der Waals surface area contributed by atoms with Crippen LogP contribution < -0.4 is 5.73 Å². The molecule has 0 heterocycles. The number of methoxy groups -OCH3 is 1. The van der Waals surface area contributed by atoms with Crippen LogP contribution in [0.5, 0.6) is 0 Å². The molecule has 0 aliphatic carbocycles. The second kappa shape index (κ2) is 4.46. The van der Waals surface area contributed by atoms with Gasteiger partial charge in [0.1, 0.15) is 0 Å². The van der Waals surface area contributed by atoms with E-state index in [0.29, 0.717) is 11.3 Å². The Morgan fingerprint density at radius 3 is 2.71 bits per heavy atom. The van der Waals surface area contributed by atoms with Gasteiger partial charge in [-0.05, 0) is 40.0 Å². The number of nitrogens with two attached hydrogens (primary N) is 1. The molecule has 0 radical (unpaired) electrons. The molecule has 76 valence electrons. The van der Waals surface area contributed by atoms with E-state index in [2.05, 4.69) is 20.7 Å². The number of hydrogen-bond donors (Lipinski definition) is 1. The Labute approximate surface area is 91.4 Å². The molecule has 1 aromatic carbocycles. The molecule has 1 rings (SSSR count). The summed E-state index contributed by atoms with van der Waals surface area (Å²) in [5, 5.41) is 0. The zero-order valence-electron chi connectivity index (χ0n) is 8.13. The van der Waals surface area contributed by atoms with Gasteiger partial charge < -0.3 is 10.5 Å². The molecule has 0 saturated carbocycles.